The third-order valence-corrected chi connectivity index (χ3v) is 7.72. The van der Waals surface area contributed by atoms with Crippen LogP contribution in [0, 0.1) is 0 Å². The zero-order chi connectivity index (χ0) is 26.3. The fourth-order valence-corrected chi connectivity index (χ4v) is 5.42. The second-order valence-corrected chi connectivity index (χ2v) is 10.7. The standard InChI is InChI=1S/C26H30N2O8S/c29-20-10-12-23(13-11-20)37(32,33)28(36-21-8-4-5-9-21)17-25(30)24(16-19-6-2-1-3-7-19)27-26(31)35-22-14-15-34-18-22/h1-3,6-7,10-15,18,21,24-25,29-30H,4-5,8-9,16-17H2,(H,27,31)/t24-,25-/m0/s1. The molecule has 2 atom stereocenters. The minimum Gasteiger partial charge on any atom is -0.508 e. The second-order valence-electron chi connectivity index (χ2n) is 8.85. The summed E-state index contributed by atoms with van der Waals surface area (Å²) in [5.74, 6) is 0.108. The first-order valence-corrected chi connectivity index (χ1v) is 13.5. The van der Waals surface area contributed by atoms with E-state index in [0.29, 0.717) is 12.8 Å². The van der Waals surface area contributed by atoms with Gasteiger partial charge in [0.25, 0.3) is 10.0 Å². The molecule has 0 radical (unpaired) electrons. The minimum absolute atomic E-state index is 0.0782. The lowest BCUT2D eigenvalue weighted by molar-refractivity contribution is -0.145. The van der Waals surface area contributed by atoms with Crippen molar-refractivity contribution in [1.82, 2.24) is 9.79 Å². The number of phenols is 1. The highest BCUT2D eigenvalue weighted by atomic mass is 32.2. The Hall–Kier alpha value is -3.38. The number of furan rings is 1. The molecule has 37 heavy (non-hydrogen) atoms. The number of aliphatic hydroxyl groups is 1. The topological polar surface area (TPSA) is 139 Å². The Morgan fingerprint density at radius 2 is 1.78 bits per heavy atom. The third kappa shape index (κ3) is 7.32. The summed E-state index contributed by atoms with van der Waals surface area (Å²) in [6, 6.07) is 14.8. The number of aromatic hydroxyl groups is 1. The molecular formula is C26H30N2O8S. The maximum Gasteiger partial charge on any atom is 0.413 e. The van der Waals surface area contributed by atoms with Gasteiger partial charge in [0.05, 0.1) is 36.0 Å². The summed E-state index contributed by atoms with van der Waals surface area (Å²) >= 11 is 0. The van der Waals surface area contributed by atoms with Crippen LogP contribution < -0.4 is 10.1 Å². The third-order valence-electron chi connectivity index (χ3n) is 6.08. The fourth-order valence-electron chi connectivity index (χ4n) is 4.12. The van der Waals surface area contributed by atoms with Gasteiger partial charge < -0.3 is 24.7 Å². The van der Waals surface area contributed by atoms with Crippen LogP contribution in [-0.4, -0.2) is 54.0 Å². The van der Waals surface area contributed by atoms with E-state index in [0.717, 1.165) is 22.9 Å². The maximum atomic E-state index is 13.5. The van der Waals surface area contributed by atoms with Gasteiger partial charge in [0.15, 0.2) is 5.75 Å². The molecule has 1 aromatic heterocycles. The molecule has 1 fully saturated rings. The van der Waals surface area contributed by atoms with Crippen LogP contribution in [0.3, 0.4) is 0 Å². The molecule has 0 unspecified atom stereocenters. The number of nitrogens with zero attached hydrogens (tertiary/aromatic N) is 1. The van der Waals surface area contributed by atoms with Crippen LogP contribution in [0.2, 0.25) is 0 Å². The SMILES string of the molecule is O=C(N[C@@H](Cc1ccccc1)[C@@H](O)CN(OC1CCCC1)S(=O)(=O)c1ccc(O)cc1)Oc1ccoc1. The van der Waals surface area contributed by atoms with Gasteiger partial charge in [0.1, 0.15) is 12.0 Å². The molecule has 10 nitrogen and oxygen atoms in total. The van der Waals surface area contributed by atoms with E-state index in [1.54, 1.807) is 0 Å². The average molecular weight is 531 g/mol. The quantitative estimate of drug-likeness (QED) is 0.320. The zero-order valence-corrected chi connectivity index (χ0v) is 20.9. The molecule has 0 spiro atoms. The number of hydrogen-bond donors (Lipinski definition) is 3. The van der Waals surface area contributed by atoms with Gasteiger partial charge in [-0.1, -0.05) is 47.6 Å². The van der Waals surface area contributed by atoms with Crippen molar-refractivity contribution in [2.24, 2.45) is 0 Å². The molecule has 0 saturated heterocycles. The van der Waals surface area contributed by atoms with E-state index in [4.69, 9.17) is 14.0 Å². The smallest absolute Gasteiger partial charge is 0.413 e. The normalized spacial score (nSPS) is 15.9. The van der Waals surface area contributed by atoms with Gasteiger partial charge in [0, 0.05) is 6.07 Å². The molecule has 2 aromatic carbocycles. The Bertz CT molecular complexity index is 1230. The van der Waals surface area contributed by atoms with Gasteiger partial charge in [-0.15, -0.1) is 0 Å². The molecule has 0 aliphatic heterocycles. The number of phenolic OH excluding ortho intramolecular Hbond substituents is 1. The van der Waals surface area contributed by atoms with Crippen LogP contribution in [0.1, 0.15) is 31.2 Å². The number of rotatable bonds is 11. The molecule has 1 aliphatic carbocycles. The van der Waals surface area contributed by atoms with Crippen molar-refractivity contribution in [3.63, 3.8) is 0 Å². The first-order valence-electron chi connectivity index (χ1n) is 12.0. The molecule has 1 heterocycles. The van der Waals surface area contributed by atoms with Crippen molar-refractivity contribution < 1.29 is 37.4 Å². The number of carbonyl (C=O) groups is 1. The molecule has 1 aliphatic rings. The lowest BCUT2D eigenvalue weighted by Gasteiger charge is -2.30. The summed E-state index contributed by atoms with van der Waals surface area (Å²) in [4.78, 5) is 18.4. The zero-order valence-electron chi connectivity index (χ0n) is 20.1. The van der Waals surface area contributed by atoms with Crippen LogP contribution in [0.4, 0.5) is 4.79 Å². The summed E-state index contributed by atoms with van der Waals surface area (Å²) in [5, 5.41) is 23.5. The van der Waals surface area contributed by atoms with Crippen molar-refractivity contribution in [2.75, 3.05) is 6.54 Å². The van der Waals surface area contributed by atoms with Crippen molar-refractivity contribution in [1.29, 1.82) is 0 Å². The highest BCUT2D eigenvalue weighted by Crippen LogP contribution is 2.26. The molecular weight excluding hydrogens is 500 g/mol. The minimum atomic E-state index is -4.19. The Morgan fingerprint density at radius 1 is 1.08 bits per heavy atom. The Morgan fingerprint density at radius 3 is 2.43 bits per heavy atom. The number of nitrogens with one attached hydrogen (secondary N) is 1. The van der Waals surface area contributed by atoms with Crippen LogP contribution in [0.5, 0.6) is 11.5 Å². The van der Waals surface area contributed by atoms with Crippen molar-refractivity contribution in [3.8, 4) is 11.5 Å². The van der Waals surface area contributed by atoms with Crippen molar-refractivity contribution in [2.45, 2.75) is 55.2 Å². The first-order chi connectivity index (χ1) is 17.8. The van der Waals surface area contributed by atoms with Crippen LogP contribution in [0.15, 0.2) is 82.5 Å². The van der Waals surface area contributed by atoms with Gasteiger partial charge in [-0.05, 0) is 49.1 Å². The monoisotopic (exact) mass is 530 g/mol. The Labute approximate surface area is 215 Å². The van der Waals surface area contributed by atoms with E-state index in [-0.39, 0.29) is 28.9 Å². The molecule has 4 rings (SSSR count). The number of sulfonamides is 1. The van der Waals surface area contributed by atoms with Crippen LogP contribution >= 0.6 is 0 Å². The summed E-state index contributed by atoms with van der Waals surface area (Å²) in [6.07, 6.45) is 3.54. The van der Waals surface area contributed by atoms with E-state index in [1.807, 2.05) is 30.3 Å². The fraction of sp³-hybridized carbons (Fsp3) is 0.346. The van der Waals surface area contributed by atoms with E-state index in [1.165, 1.54) is 42.9 Å². The number of ether oxygens (including phenoxy) is 1. The number of aliphatic hydroxyl groups excluding tert-OH is 1. The molecule has 3 aromatic rings. The largest absolute Gasteiger partial charge is 0.508 e. The average Bonchev–Trinajstić information content (AvgIpc) is 3.58. The van der Waals surface area contributed by atoms with Crippen molar-refractivity contribution >= 4 is 16.1 Å². The van der Waals surface area contributed by atoms with E-state index >= 15 is 0 Å². The Balaban J connectivity index is 1.56. The maximum absolute atomic E-state index is 13.5. The summed E-state index contributed by atoms with van der Waals surface area (Å²) in [7, 11) is -4.19. The predicted molar refractivity (Wildman–Crippen MR) is 133 cm³/mol. The molecule has 1 saturated carbocycles. The van der Waals surface area contributed by atoms with Gasteiger partial charge in [-0.25, -0.2) is 13.2 Å². The predicted octanol–water partition coefficient (Wildman–Crippen LogP) is 3.61. The van der Waals surface area contributed by atoms with Gasteiger partial charge in [-0.2, -0.15) is 0 Å². The molecule has 1 amide bonds. The van der Waals surface area contributed by atoms with Crippen LogP contribution in [-0.2, 0) is 21.3 Å². The van der Waals surface area contributed by atoms with Gasteiger partial charge in [-0.3, -0.25) is 4.84 Å². The number of hydrogen-bond acceptors (Lipinski definition) is 8. The van der Waals surface area contributed by atoms with Crippen molar-refractivity contribution in [3.05, 3.63) is 78.8 Å². The van der Waals surface area contributed by atoms with Gasteiger partial charge in [0.2, 0.25) is 0 Å². The summed E-state index contributed by atoms with van der Waals surface area (Å²) < 4.78 is 37.8. The summed E-state index contributed by atoms with van der Waals surface area (Å²) in [6.45, 7) is -0.441. The number of benzene rings is 2. The van der Waals surface area contributed by atoms with Gasteiger partial charge >= 0.3 is 6.09 Å². The van der Waals surface area contributed by atoms with E-state index < -0.39 is 34.8 Å². The van der Waals surface area contributed by atoms with E-state index in [9.17, 15) is 23.4 Å². The van der Waals surface area contributed by atoms with E-state index in [2.05, 4.69) is 5.32 Å². The number of carbonyl (C=O) groups excluding carboxylic acids is 1. The molecule has 11 heteroatoms. The van der Waals surface area contributed by atoms with Crippen LogP contribution in [0.25, 0.3) is 0 Å². The Kier molecular flexibility index (Phi) is 8.82. The number of hydroxylamine groups is 1. The highest BCUT2D eigenvalue weighted by Gasteiger charge is 2.34. The lowest BCUT2D eigenvalue weighted by Crippen LogP contribution is -2.51. The second kappa shape index (κ2) is 12.2. The molecule has 198 valence electrons. The highest BCUT2D eigenvalue weighted by molar-refractivity contribution is 7.89. The molecule has 3 N–H and O–H groups in total. The lowest BCUT2D eigenvalue weighted by atomic mass is 10.0. The summed E-state index contributed by atoms with van der Waals surface area (Å²) in [5.41, 5.74) is 0.819. The number of amides is 1. The molecule has 0 bridgehead atoms. The first kappa shape index (κ1) is 26.7.